The minimum Gasteiger partial charge on any atom is -0.382 e. The highest BCUT2D eigenvalue weighted by molar-refractivity contribution is 7.13. The van der Waals surface area contributed by atoms with E-state index in [9.17, 15) is 0 Å². The van der Waals surface area contributed by atoms with Crippen LogP contribution in [0.4, 0.5) is 10.9 Å². The van der Waals surface area contributed by atoms with E-state index in [0.29, 0.717) is 17.3 Å². The lowest BCUT2D eigenvalue weighted by molar-refractivity contribution is 0.824. The molecule has 0 saturated heterocycles. The highest BCUT2D eigenvalue weighted by atomic mass is 32.1. The van der Waals surface area contributed by atoms with Crippen molar-refractivity contribution >= 4 is 38.9 Å². The van der Waals surface area contributed by atoms with Crippen molar-refractivity contribution in [3.63, 3.8) is 0 Å². The van der Waals surface area contributed by atoms with E-state index >= 15 is 0 Å². The zero-order valence-corrected chi connectivity index (χ0v) is 15.3. The first kappa shape index (κ1) is 16.0. The van der Waals surface area contributed by atoms with Crippen LogP contribution in [0.15, 0.2) is 48.1 Å². The molecule has 0 atom stereocenters. The average molecular weight is 375 g/mol. The van der Waals surface area contributed by atoms with E-state index in [1.807, 2.05) is 35.8 Å². The second kappa shape index (κ2) is 6.48. The Hall–Kier alpha value is -3.26. The van der Waals surface area contributed by atoms with Crippen molar-refractivity contribution in [2.24, 2.45) is 0 Å². The maximum absolute atomic E-state index is 6.09. The third kappa shape index (κ3) is 2.93. The van der Waals surface area contributed by atoms with Gasteiger partial charge in [0.25, 0.3) is 0 Å². The molecule has 1 aromatic carbocycles. The number of para-hydroxylation sites is 2. The quantitative estimate of drug-likeness (QED) is 0.570. The Morgan fingerprint density at radius 2 is 2.07 bits per heavy atom. The zero-order valence-electron chi connectivity index (χ0n) is 14.5. The van der Waals surface area contributed by atoms with E-state index in [1.54, 1.807) is 17.5 Å². The Labute approximate surface area is 159 Å². The van der Waals surface area contributed by atoms with Gasteiger partial charge in [0.1, 0.15) is 5.69 Å². The van der Waals surface area contributed by atoms with Gasteiger partial charge in [0.15, 0.2) is 16.8 Å². The lowest BCUT2D eigenvalue weighted by atomic mass is 10.1. The highest BCUT2D eigenvalue weighted by Gasteiger charge is 2.18. The highest BCUT2D eigenvalue weighted by Crippen LogP contribution is 2.28. The third-order valence-electron chi connectivity index (χ3n) is 4.64. The van der Waals surface area contributed by atoms with Gasteiger partial charge in [-0.3, -0.25) is 0 Å². The number of nitrogen functional groups attached to an aromatic ring is 1. The maximum Gasteiger partial charge on any atom is 0.185 e. The number of thiazole rings is 1. The molecular formula is C19H17N7S. The molecule has 4 heterocycles. The van der Waals surface area contributed by atoms with Gasteiger partial charge in [-0.2, -0.15) is 0 Å². The lowest BCUT2D eigenvalue weighted by Gasteiger charge is -2.25. The molecule has 0 aliphatic carbocycles. The first-order valence-electron chi connectivity index (χ1n) is 8.69. The van der Waals surface area contributed by atoms with Gasteiger partial charge in [-0.25, -0.2) is 19.9 Å². The van der Waals surface area contributed by atoms with Gasteiger partial charge in [0, 0.05) is 24.7 Å². The first-order valence-corrected chi connectivity index (χ1v) is 9.57. The summed E-state index contributed by atoms with van der Waals surface area (Å²) < 4.78 is 0. The summed E-state index contributed by atoms with van der Waals surface area (Å²) in [4.78, 5) is 23.7. The van der Waals surface area contributed by atoms with E-state index in [-0.39, 0.29) is 0 Å². The van der Waals surface area contributed by atoms with Gasteiger partial charge in [-0.05, 0) is 24.1 Å². The van der Waals surface area contributed by atoms with Crippen LogP contribution in [0.1, 0.15) is 12.1 Å². The van der Waals surface area contributed by atoms with Crippen molar-refractivity contribution in [2.75, 3.05) is 23.7 Å². The fourth-order valence-electron chi connectivity index (χ4n) is 3.24. The summed E-state index contributed by atoms with van der Waals surface area (Å²) in [5.41, 5.74) is 10.5. The fourth-order valence-corrected chi connectivity index (χ4v) is 3.92. The number of imidazole rings is 1. The van der Waals surface area contributed by atoms with Crippen molar-refractivity contribution in [1.82, 2.24) is 24.9 Å². The number of H-pyrrole nitrogens is 1. The van der Waals surface area contributed by atoms with Crippen molar-refractivity contribution in [1.29, 1.82) is 0 Å². The fraction of sp³-hybridized carbons (Fsp3) is 0.158. The Balaban J connectivity index is 1.47. The average Bonchev–Trinajstić information content (AvgIpc) is 3.38. The summed E-state index contributed by atoms with van der Waals surface area (Å²) in [5.74, 6) is 1.02. The topological polar surface area (TPSA) is 96.6 Å². The minimum atomic E-state index is 0.374. The van der Waals surface area contributed by atoms with Crippen LogP contribution in [-0.4, -0.2) is 38.0 Å². The number of rotatable bonds is 3. The molecule has 0 saturated carbocycles. The Morgan fingerprint density at radius 1 is 1.15 bits per heavy atom. The van der Waals surface area contributed by atoms with Crippen LogP contribution in [-0.2, 0) is 0 Å². The van der Waals surface area contributed by atoms with Crippen LogP contribution < -0.4 is 10.6 Å². The van der Waals surface area contributed by atoms with Crippen molar-refractivity contribution in [2.45, 2.75) is 6.42 Å². The van der Waals surface area contributed by atoms with Crippen molar-refractivity contribution in [3.05, 3.63) is 53.8 Å². The van der Waals surface area contributed by atoms with E-state index < -0.39 is 0 Å². The Morgan fingerprint density at radius 3 is 2.85 bits per heavy atom. The number of nitrogens with two attached hydrogens (primary N) is 1. The molecule has 0 radical (unpaired) electrons. The molecule has 0 spiro atoms. The molecule has 0 bridgehead atoms. The van der Waals surface area contributed by atoms with Crippen LogP contribution in [0.25, 0.3) is 28.1 Å². The molecule has 27 heavy (non-hydrogen) atoms. The maximum atomic E-state index is 6.09. The molecule has 1 aliphatic rings. The summed E-state index contributed by atoms with van der Waals surface area (Å²) >= 11 is 1.66. The molecule has 1 aliphatic heterocycles. The molecule has 3 aromatic heterocycles. The summed E-state index contributed by atoms with van der Waals surface area (Å²) in [6.45, 7) is 1.72. The lowest BCUT2D eigenvalue weighted by Crippen LogP contribution is -2.28. The second-order valence-electron chi connectivity index (χ2n) is 6.33. The molecule has 5 rings (SSSR count). The summed E-state index contributed by atoms with van der Waals surface area (Å²) in [6, 6.07) is 7.87. The predicted molar refractivity (Wildman–Crippen MR) is 108 cm³/mol. The van der Waals surface area contributed by atoms with E-state index in [4.69, 9.17) is 10.7 Å². The number of nitrogens with one attached hydrogen (secondary N) is 1. The normalized spacial score (nSPS) is 14.5. The number of hydrogen-bond donors (Lipinski definition) is 2. The number of nitrogens with zero attached hydrogens (tertiary/aromatic N) is 5. The zero-order chi connectivity index (χ0) is 18.2. The molecule has 8 heteroatoms. The SMILES string of the molecule is Nc1ncc(C2=CCN(c3nccs3)CC2)nc1-c1nc2ccccc2[nH]1. The van der Waals surface area contributed by atoms with Gasteiger partial charge in [-0.15, -0.1) is 11.3 Å². The molecule has 3 N–H and O–H groups in total. The largest absolute Gasteiger partial charge is 0.382 e. The van der Waals surface area contributed by atoms with Gasteiger partial charge in [0.2, 0.25) is 0 Å². The molecule has 4 aromatic rings. The monoisotopic (exact) mass is 375 g/mol. The Kier molecular flexibility index (Phi) is 3.83. The van der Waals surface area contributed by atoms with Crippen LogP contribution in [0.3, 0.4) is 0 Å². The second-order valence-corrected chi connectivity index (χ2v) is 7.20. The smallest absolute Gasteiger partial charge is 0.185 e. The summed E-state index contributed by atoms with van der Waals surface area (Å²) in [7, 11) is 0. The van der Waals surface area contributed by atoms with Gasteiger partial charge < -0.3 is 15.6 Å². The molecular weight excluding hydrogens is 358 g/mol. The van der Waals surface area contributed by atoms with Gasteiger partial charge >= 0.3 is 0 Å². The summed E-state index contributed by atoms with van der Waals surface area (Å²) in [6.07, 6.45) is 6.65. The van der Waals surface area contributed by atoms with E-state index in [2.05, 4.69) is 30.9 Å². The summed E-state index contributed by atoms with van der Waals surface area (Å²) in [5, 5.41) is 3.05. The number of anilines is 2. The standard InChI is InChI=1S/C19H17N7S/c20-17-16(18-24-13-3-1-2-4-14(13)25-18)23-15(11-22-17)12-5-8-26(9-6-12)19-21-7-10-27-19/h1-5,7,10-11H,6,8-9H2,(H2,20,22)(H,24,25). The molecule has 0 amide bonds. The van der Waals surface area contributed by atoms with E-state index in [1.165, 1.54) is 5.57 Å². The number of aromatic nitrogens is 5. The number of aromatic amines is 1. The molecule has 0 unspecified atom stereocenters. The van der Waals surface area contributed by atoms with Crippen LogP contribution in [0, 0.1) is 0 Å². The van der Waals surface area contributed by atoms with Crippen LogP contribution >= 0.6 is 11.3 Å². The van der Waals surface area contributed by atoms with Crippen LogP contribution in [0.2, 0.25) is 0 Å². The molecule has 7 nitrogen and oxygen atoms in total. The molecule has 134 valence electrons. The van der Waals surface area contributed by atoms with Crippen molar-refractivity contribution < 1.29 is 0 Å². The minimum absolute atomic E-state index is 0.374. The van der Waals surface area contributed by atoms with Crippen molar-refractivity contribution in [3.8, 4) is 11.5 Å². The van der Waals surface area contributed by atoms with Gasteiger partial charge in [0.05, 0.1) is 22.9 Å². The number of benzene rings is 1. The predicted octanol–water partition coefficient (Wildman–Crippen LogP) is 3.35. The molecule has 0 fully saturated rings. The van der Waals surface area contributed by atoms with Crippen LogP contribution in [0.5, 0.6) is 0 Å². The Bertz CT molecular complexity index is 1100. The van der Waals surface area contributed by atoms with E-state index in [0.717, 1.165) is 41.4 Å². The number of hydrogen-bond acceptors (Lipinski definition) is 7. The first-order chi connectivity index (χ1) is 13.3. The third-order valence-corrected chi connectivity index (χ3v) is 5.47. The van der Waals surface area contributed by atoms with Gasteiger partial charge in [-0.1, -0.05) is 18.2 Å². The number of fused-ring (bicyclic) bond motifs is 1.